The van der Waals surface area contributed by atoms with Crippen molar-refractivity contribution in [1.82, 2.24) is 4.90 Å². The van der Waals surface area contributed by atoms with E-state index in [2.05, 4.69) is 6.92 Å². The minimum Gasteiger partial charge on any atom is -0.494 e. The van der Waals surface area contributed by atoms with Gasteiger partial charge in [-0.05, 0) is 50.5 Å². The van der Waals surface area contributed by atoms with E-state index in [0.29, 0.717) is 25.9 Å². The number of amides is 1. The Morgan fingerprint density at radius 2 is 1.64 bits per heavy atom. The molecule has 0 N–H and O–H groups in total. The maximum atomic E-state index is 12.5. The summed E-state index contributed by atoms with van der Waals surface area (Å²) >= 11 is 0. The number of esters is 1. The van der Waals surface area contributed by atoms with Gasteiger partial charge in [0.25, 0.3) is 0 Å². The van der Waals surface area contributed by atoms with Gasteiger partial charge in [-0.2, -0.15) is 0 Å². The molecular formula is C28H43NO4. The molecule has 0 radical (unpaired) electrons. The van der Waals surface area contributed by atoms with Gasteiger partial charge >= 0.3 is 5.97 Å². The zero-order chi connectivity index (χ0) is 24.1. The molecule has 1 fully saturated rings. The van der Waals surface area contributed by atoms with Crippen molar-refractivity contribution in [3.8, 4) is 5.75 Å². The van der Waals surface area contributed by atoms with Crippen LogP contribution < -0.4 is 4.74 Å². The highest BCUT2D eigenvalue weighted by molar-refractivity contribution is 5.91. The van der Waals surface area contributed by atoms with Gasteiger partial charge in [0.2, 0.25) is 5.91 Å². The highest BCUT2D eigenvalue weighted by atomic mass is 16.5. The quantitative estimate of drug-likeness (QED) is 0.195. The molecule has 0 atom stereocenters. The van der Waals surface area contributed by atoms with Gasteiger partial charge in [0.05, 0.1) is 12.0 Å². The molecule has 2 rings (SSSR count). The molecule has 1 aliphatic heterocycles. The van der Waals surface area contributed by atoms with Gasteiger partial charge in [-0.25, -0.2) is 0 Å². The predicted octanol–water partition coefficient (Wildman–Crippen LogP) is 6.41. The van der Waals surface area contributed by atoms with E-state index >= 15 is 0 Å². The number of nitrogens with zero attached hydrogens (tertiary/aromatic N) is 1. The van der Waals surface area contributed by atoms with E-state index < -0.39 is 5.41 Å². The van der Waals surface area contributed by atoms with Crippen molar-refractivity contribution in [1.29, 1.82) is 0 Å². The Bertz CT molecular complexity index is 746. The molecule has 1 amide bonds. The maximum absolute atomic E-state index is 12.5. The van der Waals surface area contributed by atoms with Gasteiger partial charge in [0, 0.05) is 32.0 Å². The number of hydrogen-bond acceptors (Lipinski definition) is 4. The van der Waals surface area contributed by atoms with Crippen molar-refractivity contribution in [2.75, 3.05) is 19.7 Å². The van der Waals surface area contributed by atoms with Gasteiger partial charge in [-0.15, -0.1) is 0 Å². The molecule has 0 saturated carbocycles. The molecule has 0 bridgehead atoms. The highest BCUT2D eigenvalue weighted by Crippen LogP contribution is 2.25. The fraction of sp³-hybridized carbons (Fsp3) is 0.643. The first-order chi connectivity index (χ1) is 15.9. The number of rotatable bonds is 13. The standard InChI is InChI=1S/C28H43NO4/c1-5-7-8-9-10-11-22-32-24-15-12-23(13-16-24)14-17-26(30)29-20-18-25(19-21-29)33-27(31)28(3,4)6-2/h12-17,25H,5-11,18-22H2,1-4H3/b17-14+. The van der Waals surface area contributed by atoms with Gasteiger partial charge in [-0.1, -0.05) is 58.1 Å². The molecule has 0 aromatic heterocycles. The van der Waals surface area contributed by atoms with Crippen molar-refractivity contribution in [3.63, 3.8) is 0 Å². The first-order valence-corrected chi connectivity index (χ1v) is 12.8. The van der Waals surface area contributed by atoms with Crippen LogP contribution in [0.2, 0.25) is 0 Å². The molecule has 0 aliphatic carbocycles. The van der Waals surface area contributed by atoms with Gasteiger partial charge in [0.15, 0.2) is 0 Å². The van der Waals surface area contributed by atoms with Crippen LogP contribution in [-0.2, 0) is 14.3 Å². The van der Waals surface area contributed by atoms with Crippen LogP contribution in [0.5, 0.6) is 5.75 Å². The second kappa shape index (κ2) is 14.1. The first-order valence-electron chi connectivity index (χ1n) is 12.8. The van der Waals surface area contributed by atoms with E-state index in [1.54, 1.807) is 6.08 Å². The number of hydrogen-bond donors (Lipinski definition) is 0. The van der Waals surface area contributed by atoms with Crippen molar-refractivity contribution in [2.24, 2.45) is 5.41 Å². The summed E-state index contributed by atoms with van der Waals surface area (Å²) in [4.78, 5) is 26.6. The maximum Gasteiger partial charge on any atom is 0.311 e. The second-order valence-electron chi connectivity index (χ2n) is 9.69. The van der Waals surface area contributed by atoms with E-state index in [0.717, 1.165) is 30.8 Å². The lowest BCUT2D eigenvalue weighted by Gasteiger charge is -2.33. The Kier molecular flexibility index (Phi) is 11.5. The smallest absolute Gasteiger partial charge is 0.311 e. The molecule has 184 valence electrons. The van der Waals surface area contributed by atoms with Crippen molar-refractivity contribution in [3.05, 3.63) is 35.9 Å². The summed E-state index contributed by atoms with van der Waals surface area (Å²) < 4.78 is 11.5. The minimum absolute atomic E-state index is 0.00272. The first kappa shape index (κ1) is 26.9. The Morgan fingerprint density at radius 3 is 2.27 bits per heavy atom. The summed E-state index contributed by atoms with van der Waals surface area (Å²) in [6.45, 7) is 10.0. The molecule has 5 nitrogen and oxygen atoms in total. The fourth-order valence-corrected chi connectivity index (χ4v) is 3.67. The molecule has 33 heavy (non-hydrogen) atoms. The van der Waals surface area contributed by atoms with E-state index in [1.165, 1.54) is 32.1 Å². The molecule has 1 heterocycles. The number of ether oxygens (including phenoxy) is 2. The van der Waals surface area contributed by atoms with Crippen molar-refractivity contribution < 1.29 is 19.1 Å². The highest BCUT2D eigenvalue weighted by Gasteiger charge is 2.31. The molecular weight excluding hydrogens is 414 g/mol. The fourth-order valence-electron chi connectivity index (χ4n) is 3.67. The summed E-state index contributed by atoms with van der Waals surface area (Å²) in [5.41, 5.74) is 0.519. The molecule has 1 aromatic carbocycles. The summed E-state index contributed by atoms with van der Waals surface area (Å²) in [5.74, 6) is 0.723. The molecule has 5 heteroatoms. The molecule has 1 saturated heterocycles. The van der Waals surface area contributed by atoms with E-state index in [1.807, 2.05) is 56.0 Å². The lowest BCUT2D eigenvalue weighted by molar-refractivity contribution is -0.162. The summed E-state index contributed by atoms with van der Waals surface area (Å²) in [5, 5.41) is 0. The summed E-state index contributed by atoms with van der Waals surface area (Å²) in [6.07, 6.45) is 13.0. The Hall–Kier alpha value is -2.30. The van der Waals surface area contributed by atoms with Gasteiger partial charge in [-0.3, -0.25) is 9.59 Å². The average molecular weight is 458 g/mol. The van der Waals surface area contributed by atoms with Crippen molar-refractivity contribution in [2.45, 2.75) is 91.6 Å². The van der Waals surface area contributed by atoms with Crippen LogP contribution in [0.15, 0.2) is 30.3 Å². The van der Waals surface area contributed by atoms with Crippen LogP contribution in [0.3, 0.4) is 0 Å². The second-order valence-corrected chi connectivity index (χ2v) is 9.69. The number of unbranched alkanes of at least 4 members (excludes halogenated alkanes) is 5. The molecule has 0 unspecified atom stereocenters. The third kappa shape index (κ3) is 9.61. The van der Waals surface area contributed by atoms with Crippen LogP contribution in [0.4, 0.5) is 0 Å². The third-order valence-corrected chi connectivity index (χ3v) is 6.53. The van der Waals surface area contributed by atoms with E-state index in [9.17, 15) is 9.59 Å². The van der Waals surface area contributed by atoms with Gasteiger partial charge < -0.3 is 14.4 Å². The Labute approximate surface area is 200 Å². The SMILES string of the molecule is CCCCCCCCOc1ccc(/C=C/C(=O)N2CCC(OC(=O)C(C)(C)CC)CC2)cc1. The van der Waals surface area contributed by atoms with Gasteiger partial charge in [0.1, 0.15) is 11.9 Å². The Balaban J connectivity index is 1.69. The number of likely N-dealkylation sites (tertiary alicyclic amines) is 1. The zero-order valence-corrected chi connectivity index (χ0v) is 21.1. The Morgan fingerprint density at radius 1 is 1.00 bits per heavy atom. The van der Waals surface area contributed by atoms with Crippen LogP contribution in [0.25, 0.3) is 6.08 Å². The third-order valence-electron chi connectivity index (χ3n) is 6.53. The molecule has 1 aliphatic rings. The lowest BCUT2D eigenvalue weighted by Crippen LogP contribution is -2.42. The number of carbonyl (C=O) groups excluding carboxylic acids is 2. The number of carbonyl (C=O) groups is 2. The number of benzene rings is 1. The average Bonchev–Trinajstić information content (AvgIpc) is 2.83. The lowest BCUT2D eigenvalue weighted by atomic mass is 9.90. The largest absolute Gasteiger partial charge is 0.494 e. The monoisotopic (exact) mass is 457 g/mol. The normalized spacial score (nSPS) is 15.1. The zero-order valence-electron chi connectivity index (χ0n) is 21.1. The number of piperidine rings is 1. The van der Waals surface area contributed by atoms with Crippen LogP contribution in [0.1, 0.15) is 91.0 Å². The molecule has 1 aromatic rings. The summed E-state index contributed by atoms with van der Waals surface area (Å²) in [7, 11) is 0. The molecule has 0 spiro atoms. The van der Waals surface area contributed by atoms with E-state index in [4.69, 9.17) is 9.47 Å². The van der Waals surface area contributed by atoms with E-state index in [-0.39, 0.29) is 18.0 Å². The van der Waals surface area contributed by atoms with Crippen LogP contribution >= 0.6 is 0 Å². The van der Waals surface area contributed by atoms with Crippen molar-refractivity contribution >= 4 is 18.0 Å². The topological polar surface area (TPSA) is 55.8 Å². The van der Waals surface area contributed by atoms with Crippen LogP contribution in [-0.4, -0.2) is 42.6 Å². The minimum atomic E-state index is -0.454. The summed E-state index contributed by atoms with van der Waals surface area (Å²) in [6, 6.07) is 7.86. The predicted molar refractivity (Wildman–Crippen MR) is 134 cm³/mol. The van der Waals surface area contributed by atoms with Crippen LogP contribution in [0, 0.1) is 5.41 Å².